The van der Waals surface area contributed by atoms with Crippen LogP contribution in [0, 0.1) is 27.7 Å². The van der Waals surface area contributed by atoms with Crippen molar-refractivity contribution in [3.05, 3.63) is 95.9 Å². The molecule has 6 nitrogen and oxygen atoms in total. The molecule has 1 N–H and O–H groups in total. The number of benzene rings is 2. The maximum absolute atomic E-state index is 13.9. The molecule has 0 radical (unpaired) electrons. The highest BCUT2D eigenvalue weighted by Gasteiger charge is 2.44. The van der Waals surface area contributed by atoms with Gasteiger partial charge in [0.25, 0.3) is 5.91 Å². The van der Waals surface area contributed by atoms with Crippen molar-refractivity contribution in [3.8, 4) is 5.69 Å². The number of aromatic nitrogens is 4. The van der Waals surface area contributed by atoms with Gasteiger partial charge < -0.3 is 5.32 Å². The lowest BCUT2D eigenvalue weighted by molar-refractivity contribution is 0.0890. The van der Waals surface area contributed by atoms with E-state index >= 15 is 0 Å². The van der Waals surface area contributed by atoms with Crippen LogP contribution in [0.5, 0.6) is 0 Å². The second-order valence-electron chi connectivity index (χ2n) is 10.3. The molecule has 6 rings (SSSR count). The summed E-state index contributed by atoms with van der Waals surface area (Å²) >= 11 is 15.0. The molecule has 1 amide bonds. The van der Waals surface area contributed by atoms with Crippen LogP contribution in [0.3, 0.4) is 0 Å². The normalized spacial score (nSPS) is 18.5. The van der Waals surface area contributed by atoms with Crippen molar-refractivity contribution in [1.29, 1.82) is 0 Å². The molecule has 0 spiro atoms. The summed E-state index contributed by atoms with van der Waals surface area (Å²) in [7, 11) is 0. The number of amides is 1. The minimum atomic E-state index is -0.652. The summed E-state index contributed by atoms with van der Waals surface area (Å²) in [5, 5.41) is 9.15. The van der Waals surface area contributed by atoms with Gasteiger partial charge in [0.05, 0.1) is 32.5 Å². The molecule has 2 heterocycles. The number of carbonyl (C=O) groups excluding carboxylic acids is 1. The molecule has 0 aliphatic heterocycles. The molecular formula is C29H27Cl2N5OS. The molecule has 4 aromatic rings. The van der Waals surface area contributed by atoms with Crippen LogP contribution in [-0.4, -0.2) is 25.7 Å². The lowest BCUT2D eigenvalue weighted by atomic mass is 9.77. The second kappa shape index (κ2) is 9.33. The fourth-order valence-electron chi connectivity index (χ4n) is 5.58. The van der Waals surface area contributed by atoms with Crippen LogP contribution in [0.15, 0.2) is 42.2 Å². The standard InChI is InChI=1S/C29H27Cl2N5OS/c1-15-5-6-22-20(9-15)10-19-7-8-29(13-23(19)22,28-33-16(2)17(3)38-28)34-27(37)26-24(30)11-21(12-25(26)31)36-14-32-18(4)35-36/h5-6,9,11-12,14H,7-8,10,13H2,1-4H3,(H,34,37)/t29-/m1/s1. The van der Waals surface area contributed by atoms with Crippen LogP contribution in [-0.2, 0) is 12.0 Å². The third kappa shape index (κ3) is 4.27. The van der Waals surface area contributed by atoms with E-state index in [1.54, 1.807) is 41.4 Å². The quantitative estimate of drug-likeness (QED) is 0.288. The Kier molecular flexibility index (Phi) is 6.21. The molecule has 2 aliphatic carbocycles. The predicted octanol–water partition coefficient (Wildman–Crippen LogP) is 7.08. The molecule has 9 heteroatoms. The van der Waals surface area contributed by atoms with E-state index in [0.29, 0.717) is 17.9 Å². The van der Waals surface area contributed by atoms with Crippen molar-refractivity contribution in [2.45, 2.75) is 58.9 Å². The van der Waals surface area contributed by atoms with Crippen molar-refractivity contribution in [1.82, 2.24) is 25.1 Å². The average molecular weight is 565 g/mol. The number of halogens is 2. The smallest absolute Gasteiger partial charge is 0.255 e. The summed E-state index contributed by atoms with van der Waals surface area (Å²) in [4.78, 5) is 24.2. The van der Waals surface area contributed by atoms with Gasteiger partial charge in [0.15, 0.2) is 0 Å². The molecule has 0 fully saturated rings. The number of allylic oxidation sites excluding steroid dienone is 1. The van der Waals surface area contributed by atoms with E-state index in [-0.39, 0.29) is 21.5 Å². The van der Waals surface area contributed by atoms with Gasteiger partial charge in [0, 0.05) is 11.3 Å². The topological polar surface area (TPSA) is 72.7 Å². The fourth-order valence-corrected chi connectivity index (χ4v) is 7.32. The van der Waals surface area contributed by atoms with Gasteiger partial charge >= 0.3 is 0 Å². The highest BCUT2D eigenvalue weighted by atomic mass is 35.5. The SMILES string of the molecule is Cc1ccc2c(c1)CC1=C2C[C@@](NC(=O)c2c(Cl)cc(-n3cnc(C)n3)cc2Cl)(c2nc(C)c(C)s2)CC1. The Balaban J connectivity index is 1.39. The van der Waals surface area contributed by atoms with Crippen molar-refractivity contribution < 1.29 is 4.79 Å². The predicted molar refractivity (Wildman–Crippen MR) is 153 cm³/mol. The van der Waals surface area contributed by atoms with E-state index in [9.17, 15) is 4.79 Å². The number of aryl methyl sites for hydroxylation is 4. The Labute approximate surface area is 235 Å². The summed E-state index contributed by atoms with van der Waals surface area (Å²) in [5.41, 5.74) is 7.94. The van der Waals surface area contributed by atoms with E-state index in [1.165, 1.54) is 27.8 Å². The molecule has 2 aromatic carbocycles. The number of nitrogens with zero attached hydrogens (tertiary/aromatic N) is 4. The van der Waals surface area contributed by atoms with Crippen LogP contribution in [0.25, 0.3) is 11.3 Å². The minimum absolute atomic E-state index is 0.250. The minimum Gasteiger partial charge on any atom is -0.340 e. The van der Waals surface area contributed by atoms with Crippen LogP contribution in [0.2, 0.25) is 10.0 Å². The van der Waals surface area contributed by atoms with Gasteiger partial charge in [0.1, 0.15) is 17.2 Å². The summed E-state index contributed by atoms with van der Waals surface area (Å²) in [6.07, 6.45) is 4.91. The molecule has 0 unspecified atom stereocenters. The van der Waals surface area contributed by atoms with E-state index in [1.807, 2.05) is 6.92 Å². The maximum Gasteiger partial charge on any atom is 0.255 e. The number of hydrogen-bond acceptors (Lipinski definition) is 5. The fraction of sp³-hybridized carbons (Fsp3) is 0.310. The summed E-state index contributed by atoms with van der Waals surface area (Å²) in [6, 6.07) is 10.1. The molecule has 2 aliphatic rings. The number of fused-ring (bicyclic) bond motifs is 2. The van der Waals surface area contributed by atoms with Crippen LogP contribution < -0.4 is 5.32 Å². The van der Waals surface area contributed by atoms with E-state index in [0.717, 1.165) is 34.8 Å². The van der Waals surface area contributed by atoms with Crippen LogP contribution in [0.4, 0.5) is 0 Å². The van der Waals surface area contributed by atoms with Crippen molar-refractivity contribution in [2.75, 3.05) is 0 Å². The first-order valence-corrected chi connectivity index (χ1v) is 14.2. The summed E-state index contributed by atoms with van der Waals surface area (Å²) in [6.45, 7) is 8.03. The zero-order valence-electron chi connectivity index (χ0n) is 21.7. The largest absolute Gasteiger partial charge is 0.340 e. The molecule has 0 saturated heterocycles. The highest BCUT2D eigenvalue weighted by molar-refractivity contribution is 7.11. The first kappa shape index (κ1) is 25.3. The van der Waals surface area contributed by atoms with Crippen molar-refractivity contribution in [3.63, 3.8) is 0 Å². The van der Waals surface area contributed by atoms with Crippen LogP contribution >= 0.6 is 34.5 Å². The molecule has 38 heavy (non-hydrogen) atoms. The zero-order valence-corrected chi connectivity index (χ0v) is 24.0. The van der Waals surface area contributed by atoms with E-state index < -0.39 is 5.54 Å². The van der Waals surface area contributed by atoms with Gasteiger partial charge in [-0.1, -0.05) is 52.5 Å². The van der Waals surface area contributed by atoms with E-state index in [2.05, 4.69) is 47.4 Å². The number of nitrogens with one attached hydrogen (secondary N) is 1. The number of thiazole rings is 1. The van der Waals surface area contributed by atoms with Gasteiger partial charge in [-0.05, 0) is 75.8 Å². The van der Waals surface area contributed by atoms with Gasteiger partial charge in [-0.3, -0.25) is 4.79 Å². The molecule has 1 atom stereocenters. The molecule has 194 valence electrons. The maximum atomic E-state index is 13.9. The second-order valence-corrected chi connectivity index (χ2v) is 12.3. The molecular weight excluding hydrogens is 537 g/mol. The first-order chi connectivity index (χ1) is 18.1. The van der Waals surface area contributed by atoms with Crippen molar-refractivity contribution >= 4 is 46.0 Å². The van der Waals surface area contributed by atoms with Crippen LogP contribution in [0.1, 0.15) is 67.7 Å². The lowest BCUT2D eigenvalue weighted by Crippen LogP contribution is -2.47. The lowest BCUT2D eigenvalue weighted by Gasteiger charge is -2.38. The third-order valence-electron chi connectivity index (χ3n) is 7.66. The van der Waals surface area contributed by atoms with Gasteiger partial charge in [-0.25, -0.2) is 14.6 Å². The Morgan fingerprint density at radius 1 is 1.11 bits per heavy atom. The molecule has 2 aromatic heterocycles. The number of carbonyl (C=O) groups is 1. The number of rotatable bonds is 4. The third-order valence-corrected chi connectivity index (χ3v) is 9.54. The van der Waals surface area contributed by atoms with Crippen molar-refractivity contribution in [2.24, 2.45) is 0 Å². The highest BCUT2D eigenvalue weighted by Crippen LogP contribution is 2.50. The first-order valence-electron chi connectivity index (χ1n) is 12.6. The Hall–Kier alpha value is -3.00. The van der Waals surface area contributed by atoms with Gasteiger partial charge in [-0.2, -0.15) is 5.10 Å². The monoisotopic (exact) mass is 563 g/mol. The Bertz CT molecular complexity index is 1610. The zero-order chi connectivity index (χ0) is 26.8. The van der Waals surface area contributed by atoms with Gasteiger partial charge in [0.2, 0.25) is 0 Å². The Morgan fingerprint density at radius 2 is 1.87 bits per heavy atom. The summed E-state index contributed by atoms with van der Waals surface area (Å²) < 4.78 is 1.59. The molecule has 0 bridgehead atoms. The Morgan fingerprint density at radius 3 is 2.53 bits per heavy atom. The number of hydrogen-bond donors (Lipinski definition) is 1. The molecule has 0 saturated carbocycles. The average Bonchev–Trinajstić information content (AvgIpc) is 3.55. The van der Waals surface area contributed by atoms with Gasteiger partial charge in [-0.15, -0.1) is 11.3 Å². The summed E-state index contributed by atoms with van der Waals surface area (Å²) in [5.74, 6) is 0.322. The van der Waals surface area contributed by atoms with E-state index in [4.69, 9.17) is 28.2 Å².